The van der Waals surface area contributed by atoms with Crippen molar-refractivity contribution in [3.05, 3.63) is 53.6 Å². The Morgan fingerprint density at radius 1 is 0.724 bits per heavy atom. The molecular weight excluding hydrogens is 380 g/mol. The normalized spacial score (nSPS) is 15.2. The highest BCUT2D eigenvalue weighted by Gasteiger charge is 2.37. The highest BCUT2D eigenvalue weighted by molar-refractivity contribution is 6.09. The topological polar surface area (TPSA) is 148 Å². The minimum Gasteiger partial charge on any atom is -0.507 e. The van der Waals surface area contributed by atoms with Crippen molar-refractivity contribution in [1.82, 2.24) is 0 Å². The fraction of sp³-hybridized carbons (Fsp3) is 0.0952. The molecule has 29 heavy (non-hydrogen) atoms. The van der Waals surface area contributed by atoms with Crippen LogP contribution in [0.3, 0.4) is 0 Å². The second-order valence-corrected chi connectivity index (χ2v) is 6.69. The van der Waals surface area contributed by atoms with E-state index in [0.29, 0.717) is 5.56 Å². The van der Waals surface area contributed by atoms with Crippen molar-refractivity contribution < 1.29 is 40.2 Å². The molecule has 0 amide bonds. The zero-order valence-corrected chi connectivity index (χ0v) is 14.8. The summed E-state index contributed by atoms with van der Waals surface area (Å²) in [6, 6.07) is 9.01. The molecule has 3 aromatic rings. The molecular formula is C21H16O8. The van der Waals surface area contributed by atoms with Crippen LogP contribution >= 0.6 is 0 Å². The first-order valence-electron chi connectivity index (χ1n) is 8.59. The van der Waals surface area contributed by atoms with Gasteiger partial charge in [0.15, 0.2) is 29.1 Å². The van der Waals surface area contributed by atoms with Crippen LogP contribution in [0.15, 0.2) is 42.5 Å². The van der Waals surface area contributed by atoms with E-state index in [4.69, 9.17) is 4.74 Å². The third kappa shape index (κ3) is 3.00. The number of phenolic OH excluding ortho intramolecular Hbond substituents is 6. The number of ether oxygens (including phenoxy) is 1. The van der Waals surface area contributed by atoms with Crippen molar-refractivity contribution in [2.75, 3.05) is 0 Å². The molecule has 0 aliphatic carbocycles. The summed E-state index contributed by atoms with van der Waals surface area (Å²) in [6.45, 7) is 0. The SMILES string of the molecule is O=C1c2c(cc(O)c(-c3ccc(O)c(O)c3)c2O)OC1Cc1ccc(O)c(O)c1. The van der Waals surface area contributed by atoms with Gasteiger partial charge in [-0.2, -0.15) is 0 Å². The molecule has 4 rings (SSSR count). The lowest BCUT2D eigenvalue weighted by Crippen LogP contribution is -2.23. The fourth-order valence-electron chi connectivity index (χ4n) is 3.34. The van der Waals surface area contributed by atoms with Crippen molar-refractivity contribution in [3.63, 3.8) is 0 Å². The molecule has 8 heteroatoms. The average Bonchev–Trinajstić information content (AvgIpc) is 2.96. The third-order valence-electron chi connectivity index (χ3n) is 4.78. The summed E-state index contributed by atoms with van der Waals surface area (Å²) < 4.78 is 5.59. The van der Waals surface area contributed by atoms with Crippen LogP contribution in [0.2, 0.25) is 0 Å². The van der Waals surface area contributed by atoms with E-state index in [0.717, 1.165) is 6.07 Å². The molecule has 1 atom stereocenters. The second-order valence-electron chi connectivity index (χ2n) is 6.69. The summed E-state index contributed by atoms with van der Waals surface area (Å²) in [4.78, 5) is 12.8. The van der Waals surface area contributed by atoms with Gasteiger partial charge in [-0.15, -0.1) is 0 Å². The van der Waals surface area contributed by atoms with Gasteiger partial charge in [-0.25, -0.2) is 0 Å². The Bertz CT molecular complexity index is 1150. The molecule has 0 spiro atoms. The molecule has 148 valence electrons. The number of Topliss-reactive ketones (excluding diaryl/α,β-unsaturated/α-hetero) is 1. The number of hydrogen-bond acceptors (Lipinski definition) is 8. The molecule has 0 fully saturated rings. The van der Waals surface area contributed by atoms with E-state index < -0.39 is 23.4 Å². The quantitative estimate of drug-likeness (QED) is 0.370. The smallest absolute Gasteiger partial charge is 0.211 e. The van der Waals surface area contributed by atoms with Gasteiger partial charge >= 0.3 is 0 Å². The molecule has 1 heterocycles. The summed E-state index contributed by atoms with van der Waals surface area (Å²) in [5.41, 5.74) is 0.522. The van der Waals surface area contributed by atoms with Crippen LogP contribution in [0.5, 0.6) is 40.2 Å². The number of carbonyl (C=O) groups excluding carboxylic acids is 1. The lowest BCUT2D eigenvalue weighted by atomic mass is 9.95. The lowest BCUT2D eigenvalue weighted by Gasteiger charge is -2.11. The van der Waals surface area contributed by atoms with Crippen LogP contribution < -0.4 is 4.74 Å². The number of rotatable bonds is 3. The maximum atomic E-state index is 12.8. The number of aromatic hydroxyl groups is 6. The first kappa shape index (κ1) is 18.3. The standard InChI is InChI=1S/C21H16O8/c22-11-3-1-9(5-13(11)24)6-17-20(27)19-16(29-17)8-15(26)18(21(19)28)10-2-4-12(23)14(25)7-10/h1-5,7-8,17,22-26,28H,6H2. The summed E-state index contributed by atoms with van der Waals surface area (Å²) in [5.74, 6) is -2.84. The van der Waals surface area contributed by atoms with E-state index in [1.165, 1.54) is 36.4 Å². The molecule has 1 aliphatic heterocycles. The molecule has 0 bridgehead atoms. The van der Waals surface area contributed by atoms with Gasteiger partial charge in [-0.05, 0) is 35.4 Å². The van der Waals surface area contributed by atoms with Crippen molar-refractivity contribution in [2.45, 2.75) is 12.5 Å². The Hall–Kier alpha value is -4.07. The van der Waals surface area contributed by atoms with Gasteiger partial charge in [0.05, 0.1) is 5.56 Å². The maximum Gasteiger partial charge on any atom is 0.211 e. The third-order valence-corrected chi connectivity index (χ3v) is 4.78. The Labute approximate surface area is 164 Å². The first-order chi connectivity index (χ1) is 13.8. The highest BCUT2D eigenvalue weighted by Crippen LogP contribution is 2.48. The minimum atomic E-state index is -0.997. The Morgan fingerprint density at radius 2 is 1.38 bits per heavy atom. The predicted molar refractivity (Wildman–Crippen MR) is 101 cm³/mol. The van der Waals surface area contributed by atoms with Crippen LogP contribution in [0.1, 0.15) is 15.9 Å². The maximum absolute atomic E-state index is 12.8. The second kappa shape index (κ2) is 6.52. The molecule has 1 aliphatic rings. The number of hydrogen-bond donors (Lipinski definition) is 6. The van der Waals surface area contributed by atoms with Gasteiger partial charge in [0, 0.05) is 12.5 Å². The van der Waals surface area contributed by atoms with Crippen molar-refractivity contribution in [2.24, 2.45) is 0 Å². The predicted octanol–water partition coefficient (Wildman–Crippen LogP) is 2.77. The molecule has 0 radical (unpaired) electrons. The molecule has 8 nitrogen and oxygen atoms in total. The van der Waals surface area contributed by atoms with E-state index in [1.54, 1.807) is 0 Å². The number of ketones is 1. The molecule has 0 saturated heterocycles. The van der Waals surface area contributed by atoms with E-state index in [-0.39, 0.29) is 51.9 Å². The van der Waals surface area contributed by atoms with Crippen LogP contribution in [-0.4, -0.2) is 42.5 Å². The van der Waals surface area contributed by atoms with Gasteiger partial charge in [0.1, 0.15) is 22.8 Å². The van der Waals surface area contributed by atoms with Crippen LogP contribution in [0.4, 0.5) is 0 Å². The number of fused-ring (bicyclic) bond motifs is 1. The molecule has 3 aromatic carbocycles. The van der Waals surface area contributed by atoms with E-state index in [2.05, 4.69) is 0 Å². The minimum absolute atomic E-state index is 0.00440. The van der Waals surface area contributed by atoms with Gasteiger partial charge in [0.2, 0.25) is 5.78 Å². The Kier molecular flexibility index (Phi) is 4.11. The summed E-state index contributed by atoms with van der Waals surface area (Å²) in [7, 11) is 0. The van der Waals surface area contributed by atoms with E-state index in [1.807, 2.05) is 0 Å². The molecule has 0 saturated carbocycles. The van der Waals surface area contributed by atoms with Crippen molar-refractivity contribution >= 4 is 5.78 Å². The molecule has 1 unspecified atom stereocenters. The monoisotopic (exact) mass is 396 g/mol. The number of phenols is 6. The largest absolute Gasteiger partial charge is 0.507 e. The highest BCUT2D eigenvalue weighted by atomic mass is 16.5. The van der Waals surface area contributed by atoms with Crippen LogP contribution in [-0.2, 0) is 6.42 Å². The lowest BCUT2D eigenvalue weighted by molar-refractivity contribution is 0.0856. The van der Waals surface area contributed by atoms with Crippen LogP contribution in [0.25, 0.3) is 11.1 Å². The van der Waals surface area contributed by atoms with Crippen LogP contribution in [0, 0.1) is 0 Å². The molecule has 0 aromatic heterocycles. The Morgan fingerprint density at radius 3 is 2.03 bits per heavy atom. The van der Waals surface area contributed by atoms with Gasteiger partial charge in [-0.1, -0.05) is 12.1 Å². The zero-order chi connectivity index (χ0) is 20.9. The average molecular weight is 396 g/mol. The number of carbonyl (C=O) groups is 1. The summed E-state index contributed by atoms with van der Waals surface area (Å²) in [6.07, 6.45) is -0.931. The summed E-state index contributed by atoms with van der Waals surface area (Å²) >= 11 is 0. The summed E-state index contributed by atoms with van der Waals surface area (Å²) in [5, 5.41) is 59.2. The van der Waals surface area contributed by atoms with Crippen molar-refractivity contribution in [1.29, 1.82) is 0 Å². The molecule has 6 N–H and O–H groups in total. The number of benzene rings is 3. The van der Waals surface area contributed by atoms with Crippen molar-refractivity contribution in [3.8, 4) is 51.4 Å². The van der Waals surface area contributed by atoms with E-state index >= 15 is 0 Å². The van der Waals surface area contributed by atoms with Gasteiger partial charge in [0.25, 0.3) is 0 Å². The van der Waals surface area contributed by atoms with E-state index in [9.17, 15) is 35.4 Å². The zero-order valence-electron chi connectivity index (χ0n) is 14.8. The van der Waals surface area contributed by atoms with Gasteiger partial charge in [-0.3, -0.25) is 4.79 Å². The first-order valence-corrected chi connectivity index (χ1v) is 8.59. The Balaban J connectivity index is 1.71. The fourth-order valence-corrected chi connectivity index (χ4v) is 3.34. The van der Waals surface area contributed by atoms with Gasteiger partial charge < -0.3 is 35.4 Å².